The minimum Gasteiger partial charge on any atom is -0.744 e. The largest absolute Gasteiger partial charge is 1.00 e. The normalized spacial score (nSPS) is 12.7. The third-order valence-electron chi connectivity index (χ3n) is 5.70. The second kappa shape index (κ2) is 16.2. The van der Waals surface area contributed by atoms with Crippen LogP contribution in [0, 0.1) is 0 Å². The Bertz CT molecular complexity index is 2500. The van der Waals surface area contributed by atoms with Crippen LogP contribution >= 0.6 is 0 Å². The zero-order valence-corrected chi connectivity index (χ0v) is 38.5. The third-order valence-corrected chi connectivity index (χ3v) is 10.0. The Morgan fingerprint density at radius 3 is 1.34 bits per heavy atom. The Hall–Kier alpha value is 1.41. The molecule has 0 saturated carbocycles. The van der Waals surface area contributed by atoms with Crippen molar-refractivity contribution in [1.82, 2.24) is 9.97 Å². The molecule has 0 bridgehead atoms. The molecule has 0 radical (unpaired) electrons. The molecule has 224 valence electrons. The minimum atomic E-state index is -5.83. The van der Waals surface area contributed by atoms with Crippen molar-refractivity contribution in [3.8, 4) is 0 Å². The van der Waals surface area contributed by atoms with E-state index in [1.807, 2.05) is 5.32 Å². The van der Waals surface area contributed by atoms with Gasteiger partial charge in [0.2, 0.25) is 0 Å². The maximum Gasteiger partial charge on any atom is 1.00 e. The summed E-state index contributed by atoms with van der Waals surface area (Å²) in [6, 6.07) is 2.71. The van der Waals surface area contributed by atoms with Gasteiger partial charge in [0, 0.05) is 0 Å². The van der Waals surface area contributed by atoms with Crippen molar-refractivity contribution in [3.05, 3.63) is 30.3 Å². The number of nitrogens with one attached hydrogen (secondary N) is 2. The first-order valence-electron chi connectivity index (χ1n) is 10.3. The average molecular weight is 795 g/mol. The molecule has 29 heteroatoms. The van der Waals surface area contributed by atoms with Crippen LogP contribution in [0.25, 0.3) is 22.1 Å². The molecule has 0 aliphatic carbocycles. The van der Waals surface area contributed by atoms with Crippen LogP contribution < -0.4 is 158 Å². The Labute approximate surface area is 377 Å². The number of hydrogen-bond acceptors (Lipinski definition) is 19. The van der Waals surface area contributed by atoms with E-state index >= 15 is 0 Å². The second-order valence-electron chi connectivity index (χ2n) is 8.34. The fraction of sp³-hybridized carbons (Fsp3) is 0. The van der Waals surface area contributed by atoms with Crippen LogP contribution in [0.4, 0.5) is 22.7 Å². The van der Waals surface area contributed by atoms with E-state index in [2.05, 4.69) is 15.3 Å². The van der Waals surface area contributed by atoms with Crippen molar-refractivity contribution < 1.29 is 213 Å². The zero-order valence-electron chi connectivity index (χ0n) is 24.4. The van der Waals surface area contributed by atoms with Crippen LogP contribution in [0.3, 0.4) is 0 Å². The van der Waals surface area contributed by atoms with Gasteiger partial charge in [0.25, 0.3) is 0 Å². The van der Waals surface area contributed by atoms with E-state index in [1.165, 1.54) is 0 Å². The van der Waals surface area contributed by atoms with Crippen molar-refractivity contribution in [2.24, 2.45) is 0 Å². The van der Waals surface area contributed by atoms with Gasteiger partial charge in [-0.15, -0.1) is 0 Å². The van der Waals surface area contributed by atoms with Gasteiger partial charge >= 0.3 is 148 Å². The van der Waals surface area contributed by atoms with Gasteiger partial charge in [-0.05, 0) is 30.3 Å². The summed E-state index contributed by atoms with van der Waals surface area (Å²) in [5, 5.41) is 4.11. The van der Waals surface area contributed by atoms with Gasteiger partial charge in [0.05, 0.1) is 48.5 Å². The smallest absolute Gasteiger partial charge is 0.744 e. The first-order chi connectivity index (χ1) is 19.0. The Balaban J connectivity index is 0.00000423. The van der Waals surface area contributed by atoms with Crippen LogP contribution in [0.5, 0.6) is 0 Å². The summed E-state index contributed by atoms with van der Waals surface area (Å²) in [6.07, 6.45) is 0. The van der Waals surface area contributed by atoms with E-state index in [1.54, 1.807) is 0 Å². The number of hydrogen-bond donors (Lipinski definition) is 2. The minimum absolute atomic E-state index is 0. The van der Waals surface area contributed by atoms with Crippen LogP contribution in [0.15, 0.2) is 54.8 Å². The van der Waals surface area contributed by atoms with E-state index in [9.17, 15) is 64.9 Å². The quantitative estimate of drug-likeness (QED) is 0.0947. The van der Waals surface area contributed by atoms with Crippen LogP contribution in [0.2, 0.25) is 0 Å². The summed E-state index contributed by atoms with van der Waals surface area (Å²) in [4.78, 5) is 0.988. The molecule has 1 aliphatic heterocycles. The van der Waals surface area contributed by atoms with Gasteiger partial charge in [0.15, 0.2) is 0 Å². The molecule has 0 amide bonds. The molecular formula is C18H7N4Na5O15S5. The molecule has 0 unspecified atom stereocenters. The molecule has 0 spiro atoms. The molecule has 47 heavy (non-hydrogen) atoms. The molecule has 1 aromatic heterocycles. The maximum atomic E-state index is 12.5. The standard InChI is InChI=1S/C18H12N4O15S5.5Na/c23-38(24,25)6-1-2-8-9(3-6)20-14-13(19-8)17(41(32,33)34)15-16(18(14)42(35,36)37)22-12-10(21-15)4-7(39(26,27)28)5-11(12)40(29,30)31;;;;;/h1-5,21-22H,(H,23,24,25)(H,26,27,28)(H,29,30,31)(H,32,33,34)(H,35,36,37);;;;;/q;5*+1/p-5. The topological polar surface area (TPSA) is 336 Å². The number of nitrogens with zero attached hydrogens (tertiary/aromatic N) is 2. The number of fused-ring (bicyclic) bond motifs is 4. The molecule has 3 aromatic carbocycles. The molecule has 5 rings (SSSR count). The molecular weight excluding hydrogens is 787 g/mol. The molecule has 1 aliphatic rings. The maximum absolute atomic E-state index is 12.5. The predicted octanol–water partition coefficient (Wildman–Crippen LogP) is -15.9. The molecule has 0 fully saturated rings. The number of anilines is 4. The van der Waals surface area contributed by atoms with Crippen LogP contribution in [0.1, 0.15) is 0 Å². The van der Waals surface area contributed by atoms with Gasteiger partial charge in [-0.25, -0.2) is 52.1 Å². The molecule has 0 atom stereocenters. The van der Waals surface area contributed by atoms with Crippen LogP contribution in [-0.2, 0) is 50.6 Å². The van der Waals surface area contributed by atoms with Gasteiger partial charge in [-0.2, -0.15) is 0 Å². The van der Waals surface area contributed by atoms with Crippen molar-refractivity contribution in [2.75, 3.05) is 10.6 Å². The van der Waals surface area contributed by atoms with Crippen molar-refractivity contribution in [2.45, 2.75) is 24.5 Å². The van der Waals surface area contributed by atoms with Crippen molar-refractivity contribution in [1.29, 1.82) is 0 Å². The summed E-state index contributed by atoms with van der Waals surface area (Å²) < 4.78 is 180. The fourth-order valence-electron chi connectivity index (χ4n) is 4.11. The van der Waals surface area contributed by atoms with Gasteiger partial charge in [-0.1, -0.05) is 0 Å². The molecule has 2 heterocycles. The number of aromatic nitrogens is 2. The van der Waals surface area contributed by atoms with Crippen molar-refractivity contribution >= 4 is 95.4 Å². The summed E-state index contributed by atoms with van der Waals surface area (Å²) >= 11 is 0. The monoisotopic (exact) mass is 794 g/mol. The van der Waals surface area contributed by atoms with E-state index < -0.39 is 120 Å². The fourth-order valence-corrected chi connectivity index (χ4v) is 7.45. The summed E-state index contributed by atoms with van der Waals surface area (Å²) in [6.45, 7) is 0. The first kappa shape index (κ1) is 48.4. The van der Waals surface area contributed by atoms with E-state index in [0.717, 1.165) is 12.1 Å². The molecule has 0 saturated heterocycles. The zero-order chi connectivity index (χ0) is 31.4. The predicted molar refractivity (Wildman–Crippen MR) is 130 cm³/mol. The van der Waals surface area contributed by atoms with E-state index in [0.29, 0.717) is 12.1 Å². The molecule has 2 N–H and O–H groups in total. The average Bonchev–Trinajstić information content (AvgIpc) is 2.80. The van der Waals surface area contributed by atoms with Gasteiger partial charge in [-0.3, -0.25) is 0 Å². The van der Waals surface area contributed by atoms with E-state index in [4.69, 9.17) is 0 Å². The Kier molecular flexibility index (Phi) is 16.7. The summed E-state index contributed by atoms with van der Waals surface area (Å²) in [7, 11) is -27.9. The number of benzene rings is 3. The van der Waals surface area contributed by atoms with Crippen molar-refractivity contribution in [3.63, 3.8) is 0 Å². The molecule has 4 aromatic rings. The van der Waals surface area contributed by atoms with Gasteiger partial charge in [0.1, 0.15) is 71.4 Å². The summed E-state index contributed by atoms with van der Waals surface area (Å²) in [5.41, 5.74) is -7.26. The molecule has 19 nitrogen and oxygen atoms in total. The van der Waals surface area contributed by atoms with E-state index in [-0.39, 0.29) is 154 Å². The second-order valence-corrected chi connectivity index (χ2v) is 15.1. The first-order valence-corrected chi connectivity index (χ1v) is 17.3. The summed E-state index contributed by atoms with van der Waals surface area (Å²) in [5.74, 6) is 0. The third kappa shape index (κ3) is 9.70. The SMILES string of the molecule is O=S(=O)([O-])c1cc2c(c(S(=O)(=O)[O-])c1)Nc1c(c(S(=O)(=O)[O-])c3nc4ccc(S(=O)(=O)[O-])cc4nc3c1S(=O)(=O)[O-])N2.[Na+].[Na+].[Na+].[Na+].[Na+]. The van der Waals surface area contributed by atoms with Gasteiger partial charge < -0.3 is 33.4 Å². The van der Waals surface area contributed by atoms with Crippen LogP contribution in [-0.4, -0.2) is 74.8 Å². The Morgan fingerprint density at radius 2 is 0.915 bits per heavy atom. The number of rotatable bonds is 5. The Morgan fingerprint density at radius 1 is 0.468 bits per heavy atom.